The van der Waals surface area contributed by atoms with Gasteiger partial charge in [-0.2, -0.15) is 0 Å². The summed E-state index contributed by atoms with van der Waals surface area (Å²) in [6, 6.07) is 0. The Morgan fingerprint density at radius 3 is 2.17 bits per heavy atom. The van der Waals surface area contributed by atoms with Crippen LogP contribution in [0.2, 0.25) is 0 Å². The van der Waals surface area contributed by atoms with Gasteiger partial charge in [0.1, 0.15) is 0 Å². The Balaban J connectivity index is 3.53. The van der Waals surface area contributed by atoms with E-state index in [1.165, 1.54) is 0 Å². The first-order valence-electron chi connectivity index (χ1n) is 4.60. The lowest BCUT2D eigenvalue weighted by molar-refractivity contribution is -0.222. The van der Waals surface area contributed by atoms with Crippen molar-refractivity contribution in [3.8, 4) is 0 Å². The van der Waals surface area contributed by atoms with Gasteiger partial charge < -0.3 is 14.6 Å². The van der Waals surface area contributed by atoms with Gasteiger partial charge in [-0.15, -0.1) is 0 Å². The molecule has 0 aliphatic heterocycles. The number of rotatable bonds is 7. The van der Waals surface area contributed by atoms with Gasteiger partial charge in [0, 0.05) is 7.11 Å². The van der Waals surface area contributed by atoms with Crippen LogP contribution < -0.4 is 0 Å². The second kappa shape index (κ2) is 7.53. The molecule has 0 aliphatic carbocycles. The second-order valence-corrected chi connectivity index (χ2v) is 2.83. The Kier molecular flexibility index (Phi) is 7.45. The van der Waals surface area contributed by atoms with Crippen LogP contribution in [0.3, 0.4) is 0 Å². The first-order valence-corrected chi connectivity index (χ1v) is 4.60. The third kappa shape index (κ3) is 5.52. The molecule has 0 heterocycles. The van der Waals surface area contributed by atoms with Gasteiger partial charge in [0.25, 0.3) is 0 Å². The van der Waals surface area contributed by atoms with Gasteiger partial charge in [-0.05, 0) is 12.8 Å². The van der Waals surface area contributed by atoms with Crippen LogP contribution in [0.4, 0.5) is 0 Å². The SMILES string of the molecule is CCCC(O)OC(CCC)OC. The lowest BCUT2D eigenvalue weighted by atomic mass is 10.3. The van der Waals surface area contributed by atoms with Gasteiger partial charge in [-0.1, -0.05) is 26.7 Å². The molecule has 0 aromatic heterocycles. The highest BCUT2D eigenvalue weighted by molar-refractivity contribution is 4.46. The molecule has 0 saturated carbocycles. The van der Waals surface area contributed by atoms with Crippen molar-refractivity contribution >= 4 is 0 Å². The summed E-state index contributed by atoms with van der Waals surface area (Å²) in [6.45, 7) is 4.07. The summed E-state index contributed by atoms with van der Waals surface area (Å²) in [7, 11) is 1.60. The fourth-order valence-electron chi connectivity index (χ4n) is 0.967. The third-order valence-electron chi connectivity index (χ3n) is 1.63. The Hall–Kier alpha value is -0.120. The van der Waals surface area contributed by atoms with Gasteiger partial charge in [0.05, 0.1) is 0 Å². The first kappa shape index (κ1) is 11.9. The van der Waals surface area contributed by atoms with E-state index in [2.05, 4.69) is 6.92 Å². The number of aliphatic hydroxyl groups excluding tert-OH is 1. The monoisotopic (exact) mass is 176 g/mol. The van der Waals surface area contributed by atoms with Crippen molar-refractivity contribution in [3.63, 3.8) is 0 Å². The minimum absolute atomic E-state index is 0.253. The Bertz CT molecular complexity index is 95.8. The van der Waals surface area contributed by atoms with Crippen molar-refractivity contribution < 1.29 is 14.6 Å². The predicted molar refractivity (Wildman–Crippen MR) is 47.7 cm³/mol. The molecule has 3 nitrogen and oxygen atoms in total. The largest absolute Gasteiger partial charge is 0.368 e. The van der Waals surface area contributed by atoms with E-state index < -0.39 is 6.29 Å². The van der Waals surface area contributed by atoms with Crippen molar-refractivity contribution in [1.29, 1.82) is 0 Å². The molecule has 2 atom stereocenters. The molecule has 74 valence electrons. The summed E-state index contributed by atoms with van der Waals surface area (Å²) < 4.78 is 10.2. The van der Waals surface area contributed by atoms with Crippen LogP contribution in [0.5, 0.6) is 0 Å². The van der Waals surface area contributed by atoms with Crippen molar-refractivity contribution in [2.75, 3.05) is 7.11 Å². The summed E-state index contributed by atoms with van der Waals surface area (Å²) in [5.74, 6) is 0. The molecule has 0 rings (SSSR count). The highest BCUT2D eigenvalue weighted by Gasteiger charge is 2.11. The summed E-state index contributed by atoms with van der Waals surface area (Å²) in [5, 5.41) is 9.28. The van der Waals surface area contributed by atoms with Crippen LogP contribution >= 0.6 is 0 Å². The standard InChI is InChI=1S/C9H20O3/c1-4-6-8(10)12-9(11-3)7-5-2/h8-10H,4-7H2,1-3H3. The normalized spacial score (nSPS) is 16.0. The highest BCUT2D eigenvalue weighted by atomic mass is 16.7. The van der Waals surface area contributed by atoms with Crippen LogP contribution in [0.1, 0.15) is 39.5 Å². The summed E-state index contributed by atoms with van der Waals surface area (Å²) in [5.41, 5.74) is 0. The number of hydrogen-bond acceptors (Lipinski definition) is 3. The number of methoxy groups -OCH3 is 1. The van der Waals surface area contributed by atoms with E-state index >= 15 is 0 Å². The minimum Gasteiger partial charge on any atom is -0.368 e. The summed E-state index contributed by atoms with van der Waals surface area (Å²) in [4.78, 5) is 0. The summed E-state index contributed by atoms with van der Waals surface area (Å²) in [6.07, 6.45) is 2.49. The van der Waals surface area contributed by atoms with Crippen LogP contribution in [0.15, 0.2) is 0 Å². The topological polar surface area (TPSA) is 38.7 Å². The molecule has 0 amide bonds. The maximum Gasteiger partial charge on any atom is 0.160 e. The maximum atomic E-state index is 9.28. The van der Waals surface area contributed by atoms with Gasteiger partial charge in [0.2, 0.25) is 0 Å². The van der Waals surface area contributed by atoms with E-state index in [0.717, 1.165) is 19.3 Å². The molecule has 2 unspecified atom stereocenters. The van der Waals surface area contributed by atoms with Crippen molar-refractivity contribution in [2.24, 2.45) is 0 Å². The van der Waals surface area contributed by atoms with E-state index in [9.17, 15) is 5.11 Å². The fraction of sp³-hybridized carbons (Fsp3) is 1.00. The lowest BCUT2D eigenvalue weighted by Crippen LogP contribution is -2.23. The molecule has 1 N–H and O–H groups in total. The first-order chi connectivity index (χ1) is 5.74. The number of aliphatic hydroxyl groups is 1. The number of hydrogen-bond donors (Lipinski definition) is 1. The molecule has 0 fully saturated rings. The number of ether oxygens (including phenoxy) is 2. The van der Waals surface area contributed by atoms with Gasteiger partial charge in [-0.3, -0.25) is 0 Å². The average Bonchev–Trinajstić information content (AvgIpc) is 2.04. The molecular weight excluding hydrogens is 156 g/mol. The third-order valence-corrected chi connectivity index (χ3v) is 1.63. The molecule has 12 heavy (non-hydrogen) atoms. The molecule has 0 aromatic carbocycles. The molecule has 0 saturated heterocycles. The molecule has 0 aromatic rings. The average molecular weight is 176 g/mol. The van der Waals surface area contributed by atoms with E-state index in [-0.39, 0.29) is 6.29 Å². The van der Waals surface area contributed by atoms with E-state index in [1.54, 1.807) is 7.11 Å². The van der Waals surface area contributed by atoms with Crippen molar-refractivity contribution in [3.05, 3.63) is 0 Å². The fourth-order valence-corrected chi connectivity index (χ4v) is 0.967. The van der Waals surface area contributed by atoms with E-state index in [4.69, 9.17) is 9.47 Å². The second-order valence-electron chi connectivity index (χ2n) is 2.83. The van der Waals surface area contributed by atoms with Crippen LogP contribution in [-0.4, -0.2) is 24.8 Å². The molecule has 0 aliphatic rings. The molecule has 0 radical (unpaired) electrons. The van der Waals surface area contributed by atoms with Crippen LogP contribution in [0.25, 0.3) is 0 Å². The van der Waals surface area contributed by atoms with Gasteiger partial charge >= 0.3 is 0 Å². The lowest BCUT2D eigenvalue weighted by Gasteiger charge is -2.19. The van der Waals surface area contributed by atoms with Gasteiger partial charge in [0.15, 0.2) is 12.6 Å². The zero-order valence-corrected chi connectivity index (χ0v) is 8.25. The van der Waals surface area contributed by atoms with Crippen LogP contribution in [-0.2, 0) is 9.47 Å². The predicted octanol–water partition coefficient (Wildman–Crippen LogP) is 1.89. The zero-order valence-electron chi connectivity index (χ0n) is 8.25. The van der Waals surface area contributed by atoms with Crippen LogP contribution in [0, 0.1) is 0 Å². The van der Waals surface area contributed by atoms with Crippen molar-refractivity contribution in [1.82, 2.24) is 0 Å². The summed E-state index contributed by atoms with van der Waals surface area (Å²) >= 11 is 0. The Morgan fingerprint density at radius 2 is 1.75 bits per heavy atom. The van der Waals surface area contributed by atoms with E-state index in [1.807, 2.05) is 6.92 Å². The minimum atomic E-state index is -0.675. The zero-order chi connectivity index (χ0) is 9.40. The Labute approximate surface area is 74.7 Å². The maximum absolute atomic E-state index is 9.28. The molecular formula is C9H20O3. The molecule has 3 heteroatoms. The Morgan fingerprint density at radius 1 is 1.17 bits per heavy atom. The van der Waals surface area contributed by atoms with Gasteiger partial charge in [-0.25, -0.2) is 0 Å². The highest BCUT2D eigenvalue weighted by Crippen LogP contribution is 2.08. The molecule has 0 bridgehead atoms. The quantitative estimate of drug-likeness (QED) is 0.602. The smallest absolute Gasteiger partial charge is 0.160 e. The van der Waals surface area contributed by atoms with E-state index in [0.29, 0.717) is 6.42 Å². The van der Waals surface area contributed by atoms with Crippen molar-refractivity contribution in [2.45, 2.75) is 52.1 Å². The molecule has 0 spiro atoms.